The molecule has 7 atom stereocenters. The van der Waals surface area contributed by atoms with Gasteiger partial charge in [-0.2, -0.15) is 0 Å². The summed E-state index contributed by atoms with van der Waals surface area (Å²) in [7, 11) is 0. The molecule has 1 N–H and O–H groups in total. The molecule has 4 aliphatic carbocycles. The van der Waals surface area contributed by atoms with Crippen molar-refractivity contribution in [3.05, 3.63) is 11.6 Å². The summed E-state index contributed by atoms with van der Waals surface area (Å²) in [5, 5.41) is 9.03. The van der Waals surface area contributed by atoms with E-state index in [1.807, 2.05) is 6.08 Å². The van der Waals surface area contributed by atoms with Crippen LogP contribution >= 0.6 is 0 Å². The summed E-state index contributed by atoms with van der Waals surface area (Å²) in [6.45, 7) is 6.71. The molecule has 0 radical (unpaired) electrons. The Morgan fingerprint density at radius 3 is 2.56 bits per heavy atom. The highest BCUT2D eigenvalue weighted by molar-refractivity contribution is 5.91. The molecule has 4 nitrogen and oxygen atoms in total. The summed E-state index contributed by atoms with van der Waals surface area (Å²) >= 11 is 0. The lowest BCUT2D eigenvalue weighted by Crippen LogP contribution is -2.54. The number of unbranched alkanes of at least 4 members (excludes halogenated alkanes) is 4. The van der Waals surface area contributed by atoms with E-state index in [9.17, 15) is 9.59 Å². The van der Waals surface area contributed by atoms with Crippen molar-refractivity contribution < 1.29 is 19.4 Å². The maximum absolute atomic E-state index is 12.3. The lowest BCUT2D eigenvalue weighted by molar-refractivity contribution is -0.159. The third-order valence-corrected chi connectivity index (χ3v) is 10.1. The molecule has 0 spiro atoms. The van der Waals surface area contributed by atoms with Crippen molar-refractivity contribution in [3.63, 3.8) is 0 Å². The van der Waals surface area contributed by atoms with Crippen LogP contribution in [0.4, 0.5) is 0 Å². The topological polar surface area (TPSA) is 63.6 Å². The number of aliphatic hydroxyl groups excluding tert-OH is 1. The van der Waals surface area contributed by atoms with E-state index >= 15 is 0 Å². The van der Waals surface area contributed by atoms with Crippen LogP contribution in [0.3, 0.4) is 0 Å². The number of carbonyl (C=O) groups is 2. The smallest absolute Gasteiger partial charge is 0.302 e. The number of esters is 1. The van der Waals surface area contributed by atoms with Crippen LogP contribution in [0.2, 0.25) is 0 Å². The van der Waals surface area contributed by atoms with Gasteiger partial charge in [-0.1, -0.05) is 45.1 Å². The molecule has 32 heavy (non-hydrogen) atoms. The predicted molar refractivity (Wildman–Crippen MR) is 126 cm³/mol. The highest BCUT2D eigenvalue weighted by Crippen LogP contribution is 2.67. The average Bonchev–Trinajstić information content (AvgIpc) is 3.07. The van der Waals surface area contributed by atoms with Crippen molar-refractivity contribution in [2.75, 3.05) is 6.61 Å². The number of hydrogen-bond donors (Lipinski definition) is 1. The molecule has 4 rings (SSSR count). The van der Waals surface area contributed by atoms with Crippen LogP contribution in [0.15, 0.2) is 11.6 Å². The van der Waals surface area contributed by atoms with Crippen molar-refractivity contribution in [1.82, 2.24) is 0 Å². The van der Waals surface area contributed by atoms with Crippen LogP contribution in [0.25, 0.3) is 0 Å². The lowest BCUT2D eigenvalue weighted by atomic mass is 9.44. The molecule has 4 aliphatic rings. The van der Waals surface area contributed by atoms with Gasteiger partial charge in [-0.25, -0.2) is 0 Å². The van der Waals surface area contributed by atoms with Crippen LogP contribution < -0.4 is 0 Å². The number of rotatable bonds is 8. The SMILES string of the molecule is CC(=O)O[C@H]1CC[C@H]2[C@@H]3[C@H](CCCCCCCO)CC4=CC(=O)CC[C@]4(C)[C@H]3CC[C@]12C. The first-order chi connectivity index (χ1) is 15.3. The van der Waals surface area contributed by atoms with Gasteiger partial charge < -0.3 is 9.84 Å². The van der Waals surface area contributed by atoms with E-state index in [1.54, 1.807) is 6.92 Å². The van der Waals surface area contributed by atoms with Crippen LogP contribution in [0, 0.1) is 34.5 Å². The predicted octanol–water partition coefficient (Wildman–Crippen LogP) is 6.01. The Hall–Kier alpha value is -1.16. The Bertz CT molecular complexity index is 742. The molecule has 0 aromatic rings. The highest BCUT2D eigenvalue weighted by Gasteiger charge is 2.61. The molecule has 0 aromatic heterocycles. The monoisotopic (exact) mass is 444 g/mol. The Morgan fingerprint density at radius 1 is 1.06 bits per heavy atom. The Balaban J connectivity index is 1.56. The summed E-state index contributed by atoms with van der Waals surface area (Å²) in [5.74, 6) is 2.80. The van der Waals surface area contributed by atoms with Gasteiger partial charge in [-0.05, 0) is 86.5 Å². The molecule has 0 heterocycles. The number of fused-ring (bicyclic) bond motifs is 5. The van der Waals surface area contributed by atoms with Gasteiger partial charge in [0.25, 0.3) is 0 Å². The minimum absolute atomic E-state index is 0.0720. The van der Waals surface area contributed by atoms with Crippen LogP contribution in [-0.2, 0) is 14.3 Å². The fraction of sp³-hybridized carbons (Fsp3) is 0.857. The second kappa shape index (κ2) is 9.60. The number of hydrogen-bond acceptors (Lipinski definition) is 4. The zero-order chi connectivity index (χ0) is 22.9. The van der Waals surface area contributed by atoms with Gasteiger partial charge in [0.2, 0.25) is 0 Å². The van der Waals surface area contributed by atoms with E-state index in [-0.39, 0.29) is 22.9 Å². The molecule has 3 fully saturated rings. The zero-order valence-electron chi connectivity index (χ0n) is 20.5. The Labute approximate surface area is 194 Å². The normalized spacial score (nSPS) is 40.8. The largest absolute Gasteiger partial charge is 0.462 e. The van der Waals surface area contributed by atoms with Crippen molar-refractivity contribution in [1.29, 1.82) is 0 Å². The fourth-order valence-electron chi connectivity index (χ4n) is 8.39. The minimum atomic E-state index is -0.134. The van der Waals surface area contributed by atoms with E-state index in [4.69, 9.17) is 9.84 Å². The summed E-state index contributed by atoms with van der Waals surface area (Å²) < 4.78 is 5.87. The number of allylic oxidation sites excluding steroid dienone is 1. The first kappa shape index (κ1) is 24.0. The van der Waals surface area contributed by atoms with Gasteiger partial charge in [0.1, 0.15) is 6.10 Å². The first-order valence-corrected chi connectivity index (χ1v) is 13.3. The number of ketones is 1. The molecule has 180 valence electrons. The molecule has 0 saturated heterocycles. The number of aliphatic hydroxyl groups is 1. The van der Waals surface area contributed by atoms with E-state index in [1.165, 1.54) is 44.1 Å². The minimum Gasteiger partial charge on any atom is -0.462 e. The highest BCUT2D eigenvalue weighted by atomic mass is 16.5. The van der Waals surface area contributed by atoms with Crippen molar-refractivity contribution >= 4 is 11.8 Å². The Morgan fingerprint density at radius 2 is 1.81 bits per heavy atom. The molecule has 0 bridgehead atoms. The number of carbonyl (C=O) groups excluding carboxylic acids is 2. The van der Waals surface area contributed by atoms with Crippen LogP contribution in [0.5, 0.6) is 0 Å². The van der Waals surface area contributed by atoms with Gasteiger partial charge in [0, 0.05) is 25.4 Å². The van der Waals surface area contributed by atoms with E-state index in [0.717, 1.165) is 38.5 Å². The van der Waals surface area contributed by atoms with Crippen molar-refractivity contribution in [2.24, 2.45) is 34.5 Å². The molecule has 0 amide bonds. The van der Waals surface area contributed by atoms with E-state index in [2.05, 4.69) is 13.8 Å². The molecule has 4 heteroatoms. The van der Waals surface area contributed by atoms with Gasteiger partial charge in [0.15, 0.2) is 5.78 Å². The molecule has 0 aliphatic heterocycles. The van der Waals surface area contributed by atoms with Gasteiger partial charge in [-0.15, -0.1) is 0 Å². The maximum Gasteiger partial charge on any atom is 0.302 e. The summed E-state index contributed by atoms with van der Waals surface area (Å²) in [6.07, 6.45) is 16.4. The molecule has 3 saturated carbocycles. The quantitative estimate of drug-likeness (QED) is 0.368. The van der Waals surface area contributed by atoms with Crippen LogP contribution in [0.1, 0.15) is 104 Å². The zero-order valence-corrected chi connectivity index (χ0v) is 20.5. The maximum atomic E-state index is 12.3. The van der Waals surface area contributed by atoms with Crippen molar-refractivity contribution in [3.8, 4) is 0 Å². The fourth-order valence-corrected chi connectivity index (χ4v) is 8.39. The average molecular weight is 445 g/mol. The summed E-state index contributed by atoms with van der Waals surface area (Å²) in [5.41, 5.74) is 1.73. The summed E-state index contributed by atoms with van der Waals surface area (Å²) in [4.78, 5) is 24.1. The summed E-state index contributed by atoms with van der Waals surface area (Å²) in [6, 6.07) is 0. The van der Waals surface area contributed by atoms with E-state index in [0.29, 0.717) is 42.5 Å². The van der Waals surface area contributed by atoms with Gasteiger partial charge >= 0.3 is 5.97 Å². The molecule has 0 unspecified atom stereocenters. The standard InChI is InChI=1S/C28H44O4/c1-19(30)32-25-11-10-23-26-20(9-7-5-4-6-8-16-29)17-21-18-22(31)12-14-27(21,2)24(26)13-15-28(23,25)3/h18,20,23-26,29H,4-17H2,1-3H3/t20-,23+,24+,25+,26+,27+,28+/m1/s1. The molecular weight excluding hydrogens is 400 g/mol. The Kier molecular flexibility index (Phi) is 7.20. The van der Waals surface area contributed by atoms with Gasteiger partial charge in [-0.3, -0.25) is 9.59 Å². The third kappa shape index (κ3) is 4.33. The lowest BCUT2D eigenvalue weighted by Gasteiger charge is -2.60. The van der Waals surface area contributed by atoms with Crippen molar-refractivity contribution in [2.45, 2.75) is 110 Å². The third-order valence-electron chi connectivity index (χ3n) is 10.1. The van der Waals surface area contributed by atoms with Crippen LogP contribution in [-0.4, -0.2) is 29.6 Å². The number of ether oxygens (including phenoxy) is 1. The van der Waals surface area contributed by atoms with E-state index < -0.39 is 0 Å². The second-order valence-electron chi connectivity index (χ2n) is 11.8. The molecule has 0 aromatic carbocycles. The molecular formula is C28H44O4. The van der Waals surface area contributed by atoms with Gasteiger partial charge in [0.05, 0.1) is 0 Å². The first-order valence-electron chi connectivity index (χ1n) is 13.3. The second-order valence-corrected chi connectivity index (χ2v) is 11.8.